The summed E-state index contributed by atoms with van der Waals surface area (Å²) in [6, 6.07) is 4.82. The van der Waals surface area contributed by atoms with E-state index in [1.165, 1.54) is 30.0 Å². The van der Waals surface area contributed by atoms with E-state index in [-0.39, 0.29) is 24.1 Å². The van der Waals surface area contributed by atoms with Crippen LogP contribution in [0.5, 0.6) is 0 Å². The number of likely N-dealkylation sites (tertiary alicyclic amines) is 1. The van der Waals surface area contributed by atoms with Crippen molar-refractivity contribution in [1.82, 2.24) is 14.5 Å². The van der Waals surface area contributed by atoms with Gasteiger partial charge in [0, 0.05) is 36.2 Å². The standard InChI is InChI=1S/C21H31Cl2N3O3S/c22-19-8-7-18(20(23)14-19)16-30(28,29)26-12-5-6-17(15-26)21(27)24-9-13-25-10-3-1-2-4-11-25/h7-8,14,17H,1-6,9-13,15-16H2,(H,24,27)/t17-/m0/s1. The molecule has 2 fully saturated rings. The van der Waals surface area contributed by atoms with Crippen molar-refractivity contribution in [3.05, 3.63) is 33.8 Å². The minimum atomic E-state index is -3.56. The fourth-order valence-corrected chi connectivity index (χ4v) is 6.37. The lowest BCUT2D eigenvalue weighted by atomic mass is 9.99. The van der Waals surface area contributed by atoms with Crippen LogP contribution >= 0.6 is 23.2 Å². The zero-order valence-corrected chi connectivity index (χ0v) is 19.6. The Morgan fingerprint density at radius 2 is 1.80 bits per heavy atom. The van der Waals surface area contributed by atoms with Crippen LogP contribution in [0, 0.1) is 5.92 Å². The van der Waals surface area contributed by atoms with Gasteiger partial charge >= 0.3 is 0 Å². The number of piperidine rings is 1. The molecule has 0 aromatic heterocycles. The smallest absolute Gasteiger partial charge is 0.224 e. The molecule has 2 heterocycles. The van der Waals surface area contributed by atoms with Gasteiger partial charge in [-0.15, -0.1) is 0 Å². The Bertz CT molecular complexity index is 827. The molecular formula is C21H31Cl2N3O3S. The molecule has 30 heavy (non-hydrogen) atoms. The van der Waals surface area contributed by atoms with Gasteiger partial charge in [-0.2, -0.15) is 0 Å². The molecule has 168 valence electrons. The molecule has 3 rings (SSSR count). The summed E-state index contributed by atoms with van der Waals surface area (Å²) in [5.74, 6) is -0.542. The summed E-state index contributed by atoms with van der Waals surface area (Å²) in [5, 5.41) is 3.83. The highest BCUT2D eigenvalue weighted by molar-refractivity contribution is 7.88. The molecule has 1 aromatic carbocycles. The van der Waals surface area contributed by atoms with Gasteiger partial charge in [0.25, 0.3) is 0 Å². The molecule has 1 N–H and O–H groups in total. The maximum Gasteiger partial charge on any atom is 0.224 e. The van der Waals surface area contributed by atoms with E-state index in [1.807, 2.05) is 0 Å². The highest BCUT2D eigenvalue weighted by Crippen LogP contribution is 2.26. The first kappa shape index (κ1) is 23.8. The van der Waals surface area contributed by atoms with Crippen molar-refractivity contribution in [1.29, 1.82) is 0 Å². The van der Waals surface area contributed by atoms with Gasteiger partial charge in [-0.1, -0.05) is 42.1 Å². The van der Waals surface area contributed by atoms with Crippen LogP contribution in [0.25, 0.3) is 0 Å². The van der Waals surface area contributed by atoms with Gasteiger partial charge in [-0.25, -0.2) is 12.7 Å². The highest BCUT2D eigenvalue weighted by Gasteiger charge is 2.32. The molecule has 9 heteroatoms. The van der Waals surface area contributed by atoms with Crippen LogP contribution < -0.4 is 5.32 Å². The van der Waals surface area contributed by atoms with Gasteiger partial charge in [0.15, 0.2) is 0 Å². The summed E-state index contributed by atoms with van der Waals surface area (Å²) in [6.45, 7) is 4.32. The van der Waals surface area contributed by atoms with E-state index in [9.17, 15) is 13.2 Å². The van der Waals surface area contributed by atoms with E-state index in [4.69, 9.17) is 23.2 Å². The fourth-order valence-electron chi connectivity index (χ4n) is 4.18. The topological polar surface area (TPSA) is 69.7 Å². The Morgan fingerprint density at radius 3 is 2.50 bits per heavy atom. The quantitative estimate of drug-likeness (QED) is 0.654. The maximum absolute atomic E-state index is 12.9. The number of benzene rings is 1. The van der Waals surface area contributed by atoms with Gasteiger partial charge in [0.2, 0.25) is 15.9 Å². The Morgan fingerprint density at radius 1 is 1.07 bits per heavy atom. The Hall–Kier alpha value is -0.860. The summed E-state index contributed by atoms with van der Waals surface area (Å²) in [4.78, 5) is 15.0. The van der Waals surface area contributed by atoms with Crippen molar-refractivity contribution in [2.45, 2.75) is 44.3 Å². The largest absolute Gasteiger partial charge is 0.355 e. The third-order valence-corrected chi connectivity index (χ3v) is 8.31. The molecule has 0 saturated carbocycles. The molecule has 0 bridgehead atoms. The number of sulfonamides is 1. The minimum Gasteiger partial charge on any atom is -0.355 e. The summed E-state index contributed by atoms with van der Waals surface area (Å²) in [6.07, 6.45) is 6.41. The summed E-state index contributed by atoms with van der Waals surface area (Å²) in [5.41, 5.74) is 0.519. The van der Waals surface area contributed by atoms with E-state index >= 15 is 0 Å². The lowest BCUT2D eigenvalue weighted by Gasteiger charge is -2.31. The van der Waals surface area contributed by atoms with Crippen molar-refractivity contribution in [3.8, 4) is 0 Å². The first-order valence-electron chi connectivity index (χ1n) is 10.8. The Balaban J connectivity index is 1.51. The number of halogens is 2. The predicted molar refractivity (Wildman–Crippen MR) is 121 cm³/mol. The van der Waals surface area contributed by atoms with E-state index < -0.39 is 10.0 Å². The van der Waals surface area contributed by atoms with Crippen LogP contribution in [0.15, 0.2) is 18.2 Å². The molecule has 0 spiro atoms. The first-order chi connectivity index (χ1) is 14.3. The minimum absolute atomic E-state index is 0.0470. The molecule has 0 radical (unpaired) electrons. The second kappa shape index (κ2) is 11.1. The normalized spacial score (nSPS) is 21.9. The van der Waals surface area contributed by atoms with Crippen molar-refractivity contribution in [3.63, 3.8) is 0 Å². The number of hydrogen-bond acceptors (Lipinski definition) is 4. The Kier molecular flexibility index (Phi) is 8.83. The highest BCUT2D eigenvalue weighted by atomic mass is 35.5. The summed E-state index contributed by atoms with van der Waals surface area (Å²) >= 11 is 12.0. The number of hydrogen-bond donors (Lipinski definition) is 1. The third kappa shape index (κ3) is 6.82. The van der Waals surface area contributed by atoms with Crippen LogP contribution in [0.3, 0.4) is 0 Å². The monoisotopic (exact) mass is 475 g/mol. The van der Waals surface area contributed by atoms with E-state index in [0.717, 1.165) is 19.6 Å². The number of amides is 1. The van der Waals surface area contributed by atoms with Gasteiger partial charge in [0.05, 0.1) is 11.7 Å². The summed E-state index contributed by atoms with van der Waals surface area (Å²) < 4.78 is 27.2. The molecule has 2 aliphatic heterocycles. The molecule has 1 atom stereocenters. The molecule has 1 amide bonds. The number of rotatable bonds is 7. The first-order valence-corrected chi connectivity index (χ1v) is 13.1. The zero-order chi connectivity index (χ0) is 21.6. The Labute approximate surface area is 189 Å². The zero-order valence-electron chi connectivity index (χ0n) is 17.3. The van der Waals surface area contributed by atoms with Crippen LogP contribution in [-0.4, -0.2) is 62.8 Å². The lowest BCUT2D eigenvalue weighted by molar-refractivity contribution is -0.126. The van der Waals surface area contributed by atoms with Crippen LogP contribution in [0.4, 0.5) is 0 Å². The lowest BCUT2D eigenvalue weighted by Crippen LogP contribution is -2.46. The molecule has 2 saturated heterocycles. The van der Waals surface area contributed by atoms with Gasteiger partial charge in [-0.3, -0.25) is 4.79 Å². The fraction of sp³-hybridized carbons (Fsp3) is 0.667. The van der Waals surface area contributed by atoms with E-state index in [0.29, 0.717) is 41.5 Å². The third-order valence-electron chi connectivity index (χ3n) is 5.93. The molecule has 1 aromatic rings. The van der Waals surface area contributed by atoms with Crippen LogP contribution in [0.2, 0.25) is 10.0 Å². The summed E-state index contributed by atoms with van der Waals surface area (Å²) in [7, 11) is -3.56. The second-order valence-corrected chi connectivity index (χ2v) is 11.0. The average molecular weight is 476 g/mol. The molecule has 0 unspecified atom stereocenters. The average Bonchev–Trinajstić information content (AvgIpc) is 2.99. The van der Waals surface area contributed by atoms with Gasteiger partial charge in [0.1, 0.15) is 0 Å². The number of carbonyl (C=O) groups is 1. The molecule has 6 nitrogen and oxygen atoms in total. The molecular weight excluding hydrogens is 445 g/mol. The van der Waals surface area contributed by atoms with Crippen molar-refractivity contribution in [2.75, 3.05) is 39.3 Å². The van der Waals surface area contributed by atoms with E-state index in [1.54, 1.807) is 18.2 Å². The van der Waals surface area contributed by atoms with Crippen LogP contribution in [0.1, 0.15) is 44.1 Å². The van der Waals surface area contributed by atoms with Crippen LogP contribution in [-0.2, 0) is 20.6 Å². The van der Waals surface area contributed by atoms with E-state index in [2.05, 4.69) is 10.2 Å². The second-order valence-electron chi connectivity index (χ2n) is 8.24. The van der Waals surface area contributed by atoms with Gasteiger partial charge < -0.3 is 10.2 Å². The molecule has 0 aliphatic carbocycles. The SMILES string of the molecule is O=C(NCCN1CCCCCC1)[C@H]1CCCN(S(=O)(=O)Cc2ccc(Cl)cc2Cl)C1. The number of carbonyl (C=O) groups excluding carboxylic acids is 1. The van der Waals surface area contributed by atoms with Crippen molar-refractivity contribution < 1.29 is 13.2 Å². The van der Waals surface area contributed by atoms with Crippen molar-refractivity contribution >= 4 is 39.1 Å². The van der Waals surface area contributed by atoms with Gasteiger partial charge in [-0.05, 0) is 56.5 Å². The van der Waals surface area contributed by atoms with Crippen molar-refractivity contribution in [2.24, 2.45) is 5.92 Å². The maximum atomic E-state index is 12.9. The number of nitrogens with zero attached hydrogens (tertiary/aromatic N) is 2. The predicted octanol–water partition coefficient (Wildman–Crippen LogP) is 3.53. The number of nitrogens with one attached hydrogen (secondary N) is 1. The molecule has 2 aliphatic rings.